The standard InChI is InChI=1S/C15H8ClFN2O2/c16-8-1-3-12-10(5-8)11(15(20)21)6-14(19-12)13-4-2-9(17)7-18-13/h1-7H,(H,20,21). The number of halogens is 2. The van der Waals surface area contributed by atoms with E-state index >= 15 is 0 Å². The van der Waals surface area contributed by atoms with Gasteiger partial charge in [-0.2, -0.15) is 0 Å². The van der Waals surface area contributed by atoms with Gasteiger partial charge in [0.2, 0.25) is 0 Å². The number of nitrogens with zero attached hydrogens (tertiary/aromatic N) is 2. The van der Waals surface area contributed by atoms with Crippen LogP contribution in [-0.2, 0) is 0 Å². The molecule has 0 aliphatic carbocycles. The molecule has 6 heteroatoms. The minimum atomic E-state index is -1.09. The number of hydrogen-bond acceptors (Lipinski definition) is 3. The van der Waals surface area contributed by atoms with Crippen LogP contribution in [0.3, 0.4) is 0 Å². The highest BCUT2D eigenvalue weighted by Gasteiger charge is 2.14. The highest BCUT2D eigenvalue weighted by Crippen LogP contribution is 2.26. The quantitative estimate of drug-likeness (QED) is 0.782. The van der Waals surface area contributed by atoms with E-state index in [1.165, 1.54) is 18.2 Å². The smallest absolute Gasteiger partial charge is 0.336 e. The van der Waals surface area contributed by atoms with Crippen molar-refractivity contribution in [3.63, 3.8) is 0 Å². The Bertz CT molecular complexity index is 850. The summed E-state index contributed by atoms with van der Waals surface area (Å²) in [5.74, 6) is -1.56. The van der Waals surface area contributed by atoms with Crippen LogP contribution in [0.4, 0.5) is 4.39 Å². The van der Waals surface area contributed by atoms with Crippen molar-refractivity contribution in [3.05, 3.63) is 59.0 Å². The van der Waals surface area contributed by atoms with Gasteiger partial charge in [0.05, 0.1) is 28.7 Å². The molecule has 0 aliphatic heterocycles. The van der Waals surface area contributed by atoms with Crippen LogP contribution < -0.4 is 0 Å². The third-order valence-corrected chi connectivity index (χ3v) is 3.23. The maximum Gasteiger partial charge on any atom is 0.336 e. The maximum absolute atomic E-state index is 12.9. The average Bonchev–Trinajstić information content (AvgIpc) is 2.46. The summed E-state index contributed by atoms with van der Waals surface area (Å²) in [6, 6.07) is 8.92. The number of aromatic carboxylic acids is 1. The normalized spacial score (nSPS) is 10.8. The van der Waals surface area contributed by atoms with Crippen LogP contribution in [0.2, 0.25) is 5.02 Å². The number of carboxylic acids is 1. The summed E-state index contributed by atoms with van der Waals surface area (Å²) >= 11 is 5.89. The Morgan fingerprint density at radius 1 is 1.14 bits per heavy atom. The van der Waals surface area contributed by atoms with Crippen LogP contribution in [0.5, 0.6) is 0 Å². The highest BCUT2D eigenvalue weighted by molar-refractivity contribution is 6.31. The summed E-state index contributed by atoms with van der Waals surface area (Å²) in [6.07, 6.45) is 1.06. The number of aromatic nitrogens is 2. The van der Waals surface area contributed by atoms with E-state index in [2.05, 4.69) is 9.97 Å². The maximum atomic E-state index is 12.9. The molecule has 0 atom stereocenters. The average molecular weight is 303 g/mol. The SMILES string of the molecule is O=C(O)c1cc(-c2ccc(F)cn2)nc2ccc(Cl)cc12. The first-order chi connectivity index (χ1) is 10.0. The molecule has 1 N–H and O–H groups in total. The van der Waals surface area contributed by atoms with Crippen molar-refractivity contribution in [2.45, 2.75) is 0 Å². The summed E-state index contributed by atoms with van der Waals surface area (Å²) in [5, 5.41) is 10.2. The molecular weight excluding hydrogens is 295 g/mol. The van der Waals surface area contributed by atoms with Crippen LogP contribution in [0.1, 0.15) is 10.4 Å². The molecule has 0 spiro atoms. The molecule has 21 heavy (non-hydrogen) atoms. The zero-order valence-corrected chi connectivity index (χ0v) is 11.3. The van der Waals surface area contributed by atoms with Gasteiger partial charge in [0.15, 0.2) is 0 Å². The van der Waals surface area contributed by atoms with E-state index in [1.807, 2.05) is 0 Å². The predicted octanol–water partition coefficient (Wildman–Crippen LogP) is 3.79. The number of hydrogen-bond donors (Lipinski definition) is 1. The van der Waals surface area contributed by atoms with Crippen molar-refractivity contribution in [1.82, 2.24) is 9.97 Å². The summed E-state index contributed by atoms with van der Waals surface area (Å²) in [5.41, 5.74) is 1.32. The fraction of sp³-hybridized carbons (Fsp3) is 0. The van der Waals surface area contributed by atoms with Gasteiger partial charge in [-0.15, -0.1) is 0 Å². The van der Waals surface area contributed by atoms with Gasteiger partial charge >= 0.3 is 5.97 Å². The van der Waals surface area contributed by atoms with E-state index in [9.17, 15) is 14.3 Å². The van der Waals surface area contributed by atoms with Gasteiger partial charge in [0.25, 0.3) is 0 Å². The minimum absolute atomic E-state index is 0.0728. The van der Waals surface area contributed by atoms with Crippen molar-refractivity contribution in [2.75, 3.05) is 0 Å². The molecular formula is C15H8ClFN2O2. The molecule has 0 unspecified atom stereocenters. The Balaban J connectivity index is 2.28. The fourth-order valence-corrected chi connectivity index (χ4v) is 2.21. The molecule has 0 fully saturated rings. The molecule has 4 nitrogen and oxygen atoms in total. The lowest BCUT2D eigenvalue weighted by atomic mass is 10.1. The molecule has 0 bridgehead atoms. The lowest BCUT2D eigenvalue weighted by Gasteiger charge is -2.07. The van der Waals surface area contributed by atoms with Crippen LogP contribution in [0.25, 0.3) is 22.3 Å². The van der Waals surface area contributed by atoms with Gasteiger partial charge in [0, 0.05) is 10.4 Å². The van der Waals surface area contributed by atoms with E-state index in [4.69, 9.17) is 11.6 Å². The second-order valence-corrected chi connectivity index (χ2v) is 4.82. The molecule has 3 aromatic rings. The van der Waals surface area contributed by atoms with Crippen LogP contribution >= 0.6 is 11.6 Å². The van der Waals surface area contributed by atoms with Crippen molar-refractivity contribution < 1.29 is 14.3 Å². The van der Waals surface area contributed by atoms with Gasteiger partial charge in [-0.3, -0.25) is 4.98 Å². The minimum Gasteiger partial charge on any atom is -0.478 e. The Morgan fingerprint density at radius 3 is 2.62 bits per heavy atom. The van der Waals surface area contributed by atoms with E-state index in [-0.39, 0.29) is 5.56 Å². The number of benzene rings is 1. The first kappa shape index (κ1) is 13.5. The predicted molar refractivity (Wildman–Crippen MR) is 76.9 cm³/mol. The first-order valence-corrected chi connectivity index (χ1v) is 6.38. The number of pyridine rings is 2. The lowest BCUT2D eigenvalue weighted by molar-refractivity contribution is 0.0699. The van der Waals surface area contributed by atoms with Crippen molar-refractivity contribution in [3.8, 4) is 11.4 Å². The van der Waals surface area contributed by atoms with Crippen LogP contribution in [-0.4, -0.2) is 21.0 Å². The molecule has 0 radical (unpaired) electrons. The van der Waals surface area contributed by atoms with E-state index in [1.54, 1.807) is 18.2 Å². The third-order valence-electron chi connectivity index (χ3n) is 2.99. The number of carboxylic acid groups (broad SMARTS) is 1. The molecule has 2 aromatic heterocycles. The molecule has 0 saturated heterocycles. The monoisotopic (exact) mass is 302 g/mol. The van der Waals surface area contributed by atoms with Crippen LogP contribution in [0.15, 0.2) is 42.6 Å². The topological polar surface area (TPSA) is 63.1 Å². The Hall–Kier alpha value is -2.53. The zero-order chi connectivity index (χ0) is 15.0. The zero-order valence-electron chi connectivity index (χ0n) is 10.5. The fourth-order valence-electron chi connectivity index (χ4n) is 2.03. The summed E-state index contributed by atoms with van der Waals surface area (Å²) in [6.45, 7) is 0. The second kappa shape index (κ2) is 5.10. The van der Waals surface area contributed by atoms with E-state index < -0.39 is 11.8 Å². The Labute approximate surface area is 123 Å². The molecule has 0 aliphatic rings. The number of rotatable bonds is 2. The van der Waals surface area contributed by atoms with E-state index in [0.29, 0.717) is 27.3 Å². The highest BCUT2D eigenvalue weighted by atomic mass is 35.5. The molecule has 2 heterocycles. The lowest BCUT2D eigenvalue weighted by Crippen LogP contribution is -2.01. The Morgan fingerprint density at radius 2 is 1.95 bits per heavy atom. The van der Waals surface area contributed by atoms with Crippen molar-refractivity contribution in [1.29, 1.82) is 0 Å². The second-order valence-electron chi connectivity index (χ2n) is 4.38. The first-order valence-electron chi connectivity index (χ1n) is 6.00. The largest absolute Gasteiger partial charge is 0.478 e. The van der Waals surface area contributed by atoms with Crippen LogP contribution in [0, 0.1) is 5.82 Å². The Kier molecular flexibility index (Phi) is 3.27. The summed E-state index contributed by atoms with van der Waals surface area (Å²) in [4.78, 5) is 19.7. The van der Waals surface area contributed by atoms with Gasteiger partial charge in [-0.1, -0.05) is 11.6 Å². The molecule has 104 valence electrons. The van der Waals surface area contributed by atoms with Gasteiger partial charge in [0.1, 0.15) is 5.82 Å². The van der Waals surface area contributed by atoms with Crippen molar-refractivity contribution in [2.24, 2.45) is 0 Å². The molecule has 1 aromatic carbocycles. The van der Waals surface area contributed by atoms with Gasteiger partial charge in [-0.05, 0) is 36.4 Å². The number of fused-ring (bicyclic) bond motifs is 1. The molecule has 0 saturated carbocycles. The number of carbonyl (C=O) groups is 1. The summed E-state index contributed by atoms with van der Waals surface area (Å²) < 4.78 is 12.9. The van der Waals surface area contributed by atoms with E-state index in [0.717, 1.165) is 6.20 Å². The third kappa shape index (κ3) is 2.55. The van der Waals surface area contributed by atoms with Crippen molar-refractivity contribution >= 4 is 28.5 Å². The van der Waals surface area contributed by atoms with Gasteiger partial charge in [-0.25, -0.2) is 14.2 Å². The van der Waals surface area contributed by atoms with Gasteiger partial charge < -0.3 is 5.11 Å². The molecule has 0 amide bonds. The molecule has 3 rings (SSSR count). The summed E-state index contributed by atoms with van der Waals surface area (Å²) in [7, 11) is 0.